The van der Waals surface area contributed by atoms with E-state index in [2.05, 4.69) is 24.3 Å². The van der Waals surface area contributed by atoms with Crippen LogP contribution in [0.4, 0.5) is 0 Å². The number of nitrogens with zero attached hydrogens (tertiary/aromatic N) is 1. The Morgan fingerprint density at radius 1 is 1.22 bits per heavy atom. The van der Waals surface area contributed by atoms with Gasteiger partial charge in [0.2, 0.25) is 0 Å². The van der Waals surface area contributed by atoms with Gasteiger partial charge in [-0.05, 0) is 48.6 Å². The van der Waals surface area contributed by atoms with Crippen molar-refractivity contribution in [3.05, 3.63) is 64.2 Å². The summed E-state index contributed by atoms with van der Waals surface area (Å²) in [6, 6.07) is 13.5. The summed E-state index contributed by atoms with van der Waals surface area (Å²) < 4.78 is 0. The Bertz CT molecular complexity index is 774. The van der Waals surface area contributed by atoms with Crippen molar-refractivity contribution in [3.63, 3.8) is 0 Å². The van der Waals surface area contributed by atoms with Gasteiger partial charge in [0.05, 0.1) is 5.02 Å². The van der Waals surface area contributed by atoms with Crippen molar-refractivity contribution in [2.45, 2.75) is 31.2 Å². The van der Waals surface area contributed by atoms with Gasteiger partial charge < -0.3 is 10.0 Å². The Morgan fingerprint density at radius 3 is 2.87 bits per heavy atom. The number of carbonyl (C=O) groups is 1. The number of phenols is 1. The van der Waals surface area contributed by atoms with Crippen LogP contribution in [-0.2, 0) is 6.42 Å². The second-order valence-corrected chi connectivity index (χ2v) is 6.79. The summed E-state index contributed by atoms with van der Waals surface area (Å²) in [4.78, 5) is 14.9. The molecule has 1 saturated heterocycles. The van der Waals surface area contributed by atoms with E-state index < -0.39 is 0 Å². The molecule has 4 rings (SSSR count). The lowest BCUT2D eigenvalue weighted by Gasteiger charge is -2.38. The molecule has 4 heteroatoms. The quantitative estimate of drug-likeness (QED) is 0.860. The number of carbonyl (C=O) groups excluding carboxylic acids is 1. The molecule has 0 aromatic heterocycles. The highest BCUT2D eigenvalue weighted by atomic mass is 35.5. The lowest BCUT2D eigenvalue weighted by atomic mass is 9.88. The molecule has 1 aliphatic heterocycles. The first-order valence-electron chi connectivity index (χ1n) is 8.02. The topological polar surface area (TPSA) is 40.5 Å². The van der Waals surface area contributed by atoms with Gasteiger partial charge in [-0.1, -0.05) is 35.9 Å². The van der Waals surface area contributed by atoms with Crippen molar-refractivity contribution in [1.82, 2.24) is 4.90 Å². The number of halogens is 1. The van der Waals surface area contributed by atoms with Crippen LogP contribution in [0.25, 0.3) is 0 Å². The highest BCUT2D eigenvalue weighted by Crippen LogP contribution is 2.42. The van der Waals surface area contributed by atoms with Gasteiger partial charge in [0.25, 0.3) is 5.91 Å². The monoisotopic (exact) mass is 327 g/mol. The summed E-state index contributed by atoms with van der Waals surface area (Å²) in [7, 11) is 0. The van der Waals surface area contributed by atoms with E-state index in [1.165, 1.54) is 17.2 Å². The average Bonchev–Trinajstić information content (AvgIpc) is 2.95. The molecule has 1 heterocycles. The van der Waals surface area contributed by atoms with E-state index >= 15 is 0 Å². The van der Waals surface area contributed by atoms with Crippen LogP contribution in [0.1, 0.15) is 40.2 Å². The first kappa shape index (κ1) is 14.6. The van der Waals surface area contributed by atoms with Gasteiger partial charge in [-0.2, -0.15) is 0 Å². The van der Waals surface area contributed by atoms with E-state index in [4.69, 9.17) is 11.6 Å². The van der Waals surface area contributed by atoms with Crippen molar-refractivity contribution in [2.24, 2.45) is 0 Å². The van der Waals surface area contributed by atoms with E-state index in [0.29, 0.717) is 11.5 Å². The van der Waals surface area contributed by atoms with E-state index in [1.54, 1.807) is 12.1 Å². The highest BCUT2D eigenvalue weighted by Gasteiger charge is 2.40. The molecule has 1 unspecified atom stereocenters. The van der Waals surface area contributed by atoms with Gasteiger partial charge in [0, 0.05) is 24.1 Å². The average molecular weight is 328 g/mol. The van der Waals surface area contributed by atoms with E-state index in [-0.39, 0.29) is 22.7 Å². The predicted molar refractivity (Wildman–Crippen MR) is 90.1 cm³/mol. The zero-order valence-electron chi connectivity index (χ0n) is 12.7. The largest absolute Gasteiger partial charge is 0.506 e. The molecule has 2 atom stereocenters. The molecule has 0 spiro atoms. The summed E-state index contributed by atoms with van der Waals surface area (Å²) in [5, 5.41) is 9.77. The normalized spacial score (nSPS) is 22.6. The first-order chi connectivity index (χ1) is 11.1. The maximum atomic E-state index is 12.9. The zero-order valence-corrected chi connectivity index (χ0v) is 13.5. The number of amides is 1. The molecule has 1 aliphatic carbocycles. The third kappa shape index (κ3) is 2.40. The van der Waals surface area contributed by atoms with Crippen molar-refractivity contribution < 1.29 is 9.90 Å². The summed E-state index contributed by atoms with van der Waals surface area (Å²) in [5.74, 6) is 0.457. The van der Waals surface area contributed by atoms with Gasteiger partial charge in [-0.25, -0.2) is 0 Å². The third-order valence-corrected chi connectivity index (χ3v) is 5.42. The Hall–Kier alpha value is -2.00. The van der Waals surface area contributed by atoms with Crippen LogP contribution in [-0.4, -0.2) is 28.5 Å². The Morgan fingerprint density at radius 2 is 2.04 bits per heavy atom. The molecule has 0 bridgehead atoms. The predicted octanol–water partition coefficient (Wildman–Crippen LogP) is 3.99. The molecule has 0 saturated carbocycles. The van der Waals surface area contributed by atoms with Crippen molar-refractivity contribution in [2.75, 3.05) is 6.54 Å². The number of rotatable bonds is 1. The SMILES string of the molecule is O=C(c1ccc(O)c(Cl)c1)N1CCC[C@@H]2c3ccccc3CC21. The molecule has 118 valence electrons. The van der Waals surface area contributed by atoms with Gasteiger partial charge in [0.1, 0.15) is 5.75 Å². The Labute approximate surface area is 140 Å². The summed E-state index contributed by atoms with van der Waals surface area (Å²) in [6.07, 6.45) is 3.09. The fraction of sp³-hybridized carbons (Fsp3) is 0.316. The van der Waals surface area contributed by atoms with Crippen LogP contribution >= 0.6 is 11.6 Å². The maximum Gasteiger partial charge on any atom is 0.254 e. The van der Waals surface area contributed by atoms with Crippen molar-refractivity contribution in [3.8, 4) is 5.75 Å². The van der Waals surface area contributed by atoms with E-state index in [1.807, 2.05) is 4.90 Å². The molecule has 2 aromatic rings. The number of likely N-dealkylation sites (tertiary alicyclic amines) is 1. The van der Waals surface area contributed by atoms with Gasteiger partial charge in [-0.15, -0.1) is 0 Å². The number of hydrogen-bond donors (Lipinski definition) is 1. The second-order valence-electron chi connectivity index (χ2n) is 6.38. The maximum absolute atomic E-state index is 12.9. The summed E-state index contributed by atoms with van der Waals surface area (Å²) >= 11 is 5.96. The molecule has 1 fully saturated rings. The van der Waals surface area contributed by atoms with Gasteiger partial charge in [0.15, 0.2) is 0 Å². The smallest absolute Gasteiger partial charge is 0.254 e. The second kappa shape index (κ2) is 5.57. The number of fused-ring (bicyclic) bond motifs is 3. The molecule has 0 radical (unpaired) electrons. The fourth-order valence-electron chi connectivity index (χ4n) is 4.04. The Kier molecular flexibility index (Phi) is 3.53. The molecular weight excluding hydrogens is 310 g/mol. The molecule has 1 N–H and O–H groups in total. The number of piperidine rings is 1. The van der Waals surface area contributed by atoms with Crippen LogP contribution in [0.3, 0.4) is 0 Å². The van der Waals surface area contributed by atoms with Gasteiger partial charge >= 0.3 is 0 Å². The van der Waals surface area contributed by atoms with Crippen LogP contribution in [0.5, 0.6) is 5.75 Å². The first-order valence-corrected chi connectivity index (χ1v) is 8.40. The minimum absolute atomic E-state index is 0.00742. The lowest BCUT2D eigenvalue weighted by Crippen LogP contribution is -2.46. The van der Waals surface area contributed by atoms with Crippen LogP contribution in [0, 0.1) is 0 Å². The lowest BCUT2D eigenvalue weighted by molar-refractivity contribution is 0.0595. The van der Waals surface area contributed by atoms with E-state index in [9.17, 15) is 9.90 Å². The van der Waals surface area contributed by atoms with Crippen molar-refractivity contribution in [1.29, 1.82) is 0 Å². The molecule has 2 aromatic carbocycles. The standard InChI is InChI=1S/C19H18ClNO2/c20-16-10-13(7-8-18(16)22)19(23)21-9-3-6-15-14-5-2-1-4-12(14)11-17(15)21/h1-2,4-5,7-8,10,15,17,22H,3,6,9,11H2/t15-,17?/m1/s1. The fourth-order valence-corrected chi connectivity index (χ4v) is 4.22. The minimum atomic E-state index is 0.00742. The van der Waals surface area contributed by atoms with Crippen LogP contribution < -0.4 is 0 Å². The van der Waals surface area contributed by atoms with Gasteiger partial charge in [-0.3, -0.25) is 4.79 Å². The molecule has 23 heavy (non-hydrogen) atoms. The Balaban J connectivity index is 1.65. The number of aromatic hydroxyl groups is 1. The number of benzene rings is 2. The van der Waals surface area contributed by atoms with Crippen LogP contribution in [0.15, 0.2) is 42.5 Å². The van der Waals surface area contributed by atoms with E-state index in [0.717, 1.165) is 25.8 Å². The van der Waals surface area contributed by atoms with Crippen LogP contribution in [0.2, 0.25) is 5.02 Å². The molecule has 2 aliphatic rings. The van der Waals surface area contributed by atoms with Crippen molar-refractivity contribution >= 4 is 17.5 Å². The number of phenolic OH excluding ortho intramolecular Hbond substituents is 1. The molecule has 3 nitrogen and oxygen atoms in total. The minimum Gasteiger partial charge on any atom is -0.506 e. The number of hydrogen-bond acceptors (Lipinski definition) is 2. The third-order valence-electron chi connectivity index (χ3n) is 5.12. The highest BCUT2D eigenvalue weighted by molar-refractivity contribution is 6.32. The summed E-state index contributed by atoms with van der Waals surface area (Å²) in [5.41, 5.74) is 3.31. The molecule has 1 amide bonds. The molecular formula is C19H18ClNO2. The zero-order chi connectivity index (χ0) is 16.0. The summed E-state index contributed by atoms with van der Waals surface area (Å²) in [6.45, 7) is 0.784.